The lowest BCUT2D eigenvalue weighted by molar-refractivity contribution is 0.0181. The summed E-state index contributed by atoms with van der Waals surface area (Å²) in [6, 6.07) is 0.657. The first-order valence-electron chi connectivity index (χ1n) is 5.87. The van der Waals surface area contributed by atoms with Crippen molar-refractivity contribution < 1.29 is 4.74 Å². The molecule has 0 radical (unpaired) electrons. The second-order valence-corrected chi connectivity index (χ2v) is 4.83. The Kier molecular flexibility index (Phi) is 3.42. The maximum atomic E-state index is 5.75. The summed E-state index contributed by atoms with van der Waals surface area (Å²) in [5.41, 5.74) is 0.109. The van der Waals surface area contributed by atoms with Crippen LogP contribution in [0.15, 0.2) is 0 Å². The molecule has 0 aromatic rings. The fourth-order valence-electron chi connectivity index (χ4n) is 2.36. The van der Waals surface area contributed by atoms with Gasteiger partial charge in [-0.1, -0.05) is 0 Å². The number of hydrogen-bond donors (Lipinski definition) is 2. The van der Waals surface area contributed by atoms with Gasteiger partial charge in [-0.2, -0.15) is 0 Å². The predicted molar refractivity (Wildman–Crippen MR) is 57.5 cm³/mol. The first-order chi connectivity index (χ1) is 6.79. The van der Waals surface area contributed by atoms with E-state index in [1.54, 1.807) is 0 Å². The number of hydrogen-bond acceptors (Lipinski definition) is 3. The molecular weight excluding hydrogens is 176 g/mol. The lowest BCUT2D eigenvalue weighted by Gasteiger charge is -2.29. The van der Waals surface area contributed by atoms with E-state index in [0.717, 1.165) is 19.7 Å². The van der Waals surface area contributed by atoms with Crippen LogP contribution in [0.1, 0.15) is 32.6 Å². The molecule has 3 nitrogen and oxygen atoms in total. The highest BCUT2D eigenvalue weighted by Gasteiger charge is 2.30. The molecule has 0 amide bonds. The van der Waals surface area contributed by atoms with Crippen LogP contribution < -0.4 is 10.6 Å². The number of ether oxygens (including phenoxy) is 1. The lowest BCUT2D eigenvalue weighted by atomic mass is 10.0. The van der Waals surface area contributed by atoms with E-state index in [0.29, 0.717) is 6.04 Å². The average molecular weight is 198 g/mol. The highest BCUT2D eigenvalue weighted by Crippen LogP contribution is 2.24. The van der Waals surface area contributed by atoms with Crippen molar-refractivity contribution in [1.82, 2.24) is 10.6 Å². The van der Waals surface area contributed by atoms with Crippen LogP contribution in [0.25, 0.3) is 0 Å². The molecule has 2 aliphatic heterocycles. The highest BCUT2D eigenvalue weighted by atomic mass is 16.5. The smallest absolute Gasteiger partial charge is 0.0779 e. The number of nitrogens with one attached hydrogen (secondary N) is 2. The zero-order chi connectivity index (χ0) is 9.86. The minimum absolute atomic E-state index is 0.109. The molecule has 2 unspecified atom stereocenters. The van der Waals surface area contributed by atoms with Crippen molar-refractivity contribution in [3.63, 3.8) is 0 Å². The molecule has 2 saturated heterocycles. The van der Waals surface area contributed by atoms with Crippen LogP contribution in [-0.4, -0.2) is 37.9 Å². The molecule has 2 fully saturated rings. The van der Waals surface area contributed by atoms with E-state index in [1.807, 2.05) is 0 Å². The van der Waals surface area contributed by atoms with E-state index >= 15 is 0 Å². The van der Waals surface area contributed by atoms with Crippen molar-refractivity contribution in [3.05, 3.63) is 0 Å². The van der Waals surface area contributed by atoms with Crippen LogP contribution in [0.3, 0.4) is 0 Å². The Hall–Kier alpha value is -0.120. The molecule has 0 aromatic carbocycles. The van der Waals surface area contributed by atoms with Crippen molar-refractivity contribution in [3.8, 4) is 0 Å². The Morgan fingerprint density at radius 2 is 2.43 bits per heavy atom. The molecule has 2 rings (SSSR count). The molecule has 0 spiro atoms. The van der Waals surface area contributed by atoms with E-state index < -0.39 is 0 Å². The van der Waals surface area contributed by atoms with Crippen LogP contribution in [0, 0.1) is 0 Å². The van der Waals surface area contributed by atoms with E-state index in [4.69, 9.17) is 4.74 Å². The van der Waals surface area contributed by atoms with Crippen LogP contribution in [-0.2, 0) is 4.74 Å². The normalized spacial score (nSPS) is 38.8. The molecular formula is C11H22N2O. The van der Waals surface area contributed by atoms with Gasteiger partial charge >= 0.3 is 0 Å². The first kappa shape index (κ1) is 10.4. The van der Waals surface area contributed by atoms with Crippen molar-refractivity contribution in [1.29, 1.82) is 0 Å². The van der Waals surface area contributed by atoms with E-state index in [-0.39, 0.29) is 5.60 Å². The Morgan fingerprint density at radius 3 is 3.07 bits per heavy atom. The summed E-state index contributed by atoms with van der Waals surface area (Å²) in [7, 11) is 0. The zero-order valence-corrected chi connectivity index (χ0v) is 9.14. The molecule has 2 atom stereocenters. The minimum Gasteiger partial charge on any atom is -0.374 e. The van der Waals surface area contributed by atoms with Gasteiger partial charge in [0.1, 0.15) is 0 Å². The molecule has 0 saturated carbocycles. The topological polar surface area (TPSA) is 33.3 Å². The molecule has 2 N–H and O–H groups in total. The van der Waals surface area contributed by atoms with Gasteiger partial charge in [-0.15, -0.1) is 0 Å². The predicted octanol–water partition coefficient (Wildman–Crippen LogP) is 0.897. The van der Waals surface area contributed by atoms with Gasteiger partial charge in [0.15, 0.2) is 0 Å². The maximum Gasteiger partial charge on any atom is 0.0779 e. The summed E-state index contributed by atoms with van der Waals surface area (Å²) in [5, 5.41) is 7.04. The molecule has 82 valence electrons. The van der Waals surface area contributed by atoms with Gasteiger partial charge in [-0.25, -0.2) is 0 Å². The van der Waals surface area contributed by atoms with E-state index in [2.05, 4.69) is 17.6 Å². The van der Waals surface area contributed by atoms with Crippen LogP contribution in [0.5, 0.6) is 0 Å². The largest absolute Gasteiger partial charge is 0.374 e. The van der Waals surface area contributed by atoms with Crippen LogP contribution in [0.4, 0.5) is 0 Å². The fraction of sp³-hybridized carbons (Fsp3) is 1.00. The van der Waals surface area contributed by atoms with Crippen molar-refractivity contribution in [2.45, 2.75) is 44.2 Å². The Balaban J connectivity index is 1.70. The number of rotatable bonds is 3. The Morgan fingerprint density at radius 1 is 1.50 bits per heavy atom. The molecule has 14 heavy (non-hydrogen) atoms. The fourth-order valence-corrected chi connectivity index (χ4v) is 2.36. The van der Waals surface area contributed by atoms with Crippen molar-refractivity contribution in [2.24, 2.45) is 0 Å². The summed E-state index contributed by atoms with van der Waals surface area (Å²) < 4.78 is 5.75. The molecule has 0 aliphatic carbocycles. The molecule has 0 aromatic heterocycles. The standard InChI is InChI=1S/C11H22N2O/c1-11(5-3-7-14-11)9-13-10-4-2-6-12-8-10/h10,12-13H,2-9H2,1H3. The maximum absolute atomic E-state index is 5.75. The van der Waals surface area contributed by atoms with E-state index in [1.165, 1.54) is 32.2 Å². The summed E-state index contributed by atoms with van der Waals surface area (Å²) in [6.45, 7) is 6.49. The summed E-state index contributed by atoms with van der Waals surface area (Å²) in [6.07, 6.45) is 5.04. The van der Waals surface area contributed by atoms with Crippen molar-refractivity contribution >= 4 is 0 Å². The first-order valence-corrected chi connectivity index (χ1v) is 5.87. The van der Waals surface area contributed by atoms with Gasteiger partial charge < -0.3 is 15.4 Å². The van der Waals surface area contributed by atoms with Gasteiger partial charge in [-0.3, -0.25) is 0 Å². The molecule has 3 heteroatoms. The Bertz CT molecular complexity index is 172. The summed E-state index contributed by atoms with van der Waals surface area (Å²) >= 11 is 0. The van der Waals surface area contributed by atoms with Crippen LogP contribution >= 0.6 is 0 Å². The molecule has 0 bridgehead atoms. The second kappa shape index (κ2) is 4.60. The SMILES string of the molecule is CC1(CNC2CCCNC2)CCCO1. The molecule has 2 heterocycles. The minimum atomic E-state index is 0.109. The summed E-state index contributed by atoms with van der Waals surface area (Å²) in [5.74, 6) is 0. The van der Waals surface area contributed by atoms with Gasteiger partial charge in [0.05, 0.1) is 5.60 Å². The third kappa shape index (κ3) is 2.69. The van der Waals surface area contributed by atoms with Gasteiger partial charge in [0, 0.05) is 25.7 Å². The Labute approximate surface area is 86.6 Å². The van der Waals surface area contributed by atoms with Gasteiger partial charge in [0.2, 0.25) is 0 Å². The third-order valence-corrected chi connectivity index (χ3v) is 3.36. The zero-order valence-electron chi connectivity index (χ0n) is 9.14. The average Bonchev–Trinajstić information content (AvgIpc) is 2.65. The number of piperidine rings is 1. The second-order valence-electron chi connectivity index (χ2n) is 4.83. The highest BCUT2D eigenvalue weighted by molar-refractivity contribution is 4.85. The van der Waals surface area contributed by atoms with E-state index in [9.17, 15) is 0 Å². The quantitative estimate of drug-likeness (QED) is 0.707. The third-order valence-electron chi connectivity index (χ3n) is 3.36. The lowest BCUT2D eigenvalue weighted by Crippen LogP contribution is -2.48. The van der Waals surface area contributed by atoms with Gasteiger partial charge in [0.25, 0.3) is 0 Å². The van der Waals surface area contributed by atoms with Gasteiger partial charge in [-0.05, 0) is 39.2 Å². The van der Waals surface area contributed by atoms with Crippen molar-refractivity contribution in [2.75, 3.05) is 26.2 Å². The molecule has 2 aliphatic rings. The summed E-state index contributed by atoms with van der Waals surface area (Å²) in [4.78, 5) is 0. The van der Waals surface area contributed by atoms with Crippen LogP contribution in [0.2, 0.25) is 0 Å². The monoisotopic (exact) mass is 198 g/mol.